The summed E-state index contributed by atoms with van der Waals surface area (Å²) in [4.78, 5) is 24.4. The van der Waals surface area contributed by atoms with Gasteiger partial charge in [-0.2, -0.15) is 0 Å². The molecule has 0 fully saturated rings. The van der Waals surface area contributed by atoms with Crippen LogP contribution in [0.5, 0.6) is 0 Å². The second-order valence-electron chi connectivity index (χ2n) is 5.79. The number of hydrogen-bond acceptors (Lipinski definition) is 2. The molecule has 4 heteroatoms. The van der Waals surface area contributed by atoms with Gasteiger partial charge in [0.1, 0.15) is 0 Å². The smallest absolute Gasteiger partial charge is 0.267 e. The summed E-state index contributed by atoms with van der Waals surface area (Å²) in [5, 5.41) is 2.04. The fourth-order valence-electron chi connectivity index (χ4n) is 2.65. The quantitative estimate of drug-likeness (QED) is 0.710. The van der Waals surface area contributed by atoms with Crippen LogP contribution in [0.3, 0.4) is 0 Å². The van der Waals surface area contributed by atoms with Crippen molar-refractivity contribution in [1.82, 2.24) is 10.9 Å². The lowest BCUT2D eigenvalue weighted by Crippen LogP contribution is -2.41. The normalized spacial score (nSPS) is 10.4. The molecule has 3 aromatic carbocycles. The summed E-state index contributed by atoms with van der Waals surface area (Å²) >= 11 is 0. The number of amides is 2. The van der Waals surface area contributed by atoms with Crippen LogP contribution in [0.2, 0.25) is 0 Å². The van der Waals surface area contributed by atoms with E-state index in [1.54, 1.807) is 18.2 Å². The van der Waals surface area contributed by atoms with Crippen LogP contribution in [0.15, 0.2) is 60.7 Å². The van der Waals surface area contributed by atoms with Gasteiger partial charge >= 0.3 is 0 Å². The minimum atomic E-state index is -0.348. The molecule has 0 aliphatic heterocycles. The van der Waals surface area contributed by atoms with E-state index in [2.05, 4.69) is 10.9 Å². The zero-order valence-corrected chi connectivity index (χ0v) is 13.6. The van der Waals surface area contributed by atoms with Crippen LogP contribution in [-0.4, -0.2) is 11.8 Å². The Labute approximate surface area is 140 Å². The lowest BCUT2D eigenvalue weighted by molar-refractivity contribution is 0.0846. The Hall–Kier alpha value is -3.14. The highest BCUT2D eigenvalue weighted by Crippen LogP contribution is 2.15. The number of carbonyl (C=O) groups excluding carboxylic acids is 2. The van der Waals surface area contributed by atoms with Crippen molar-refractivity contribution in [2.45, 2.75) is 13.8 Å². The Balaban J connectivity index is 1.71. The molecule has 0 saturated heterocycles. The number of hydrazine groups is 1. The van der Waals surface area contributed by atoms with E-state index in [0.717, 1.165) is 21.9 Å². The van der Waals surface area contributed by atoms with Crippen LogP contribution in [0.25, 0.3) is 10.8 Å². The van der Waals surface area contributed by atoms with E-state index in [-0.39, 0.29) is 11.8 Å². The summed E-state index contributed by atoms with van der Waals surface area (Å²) in [5.41, 5.74) is 7.92. The fourth-order valence-corrected chi connectivity index (χ4v) is 2.65. The first-order chi connectivity index (χ1) is 11.5. The Bertz CT molecular complexity index is 932. The molecule has 0 saturated carbocycles. The van der Waals surface area contributed by atoms with Crippen molar-refractivity contribution in [3.63, 3.8) is 0 Å². The molecule has 0 atom stereocenters. The van der Waals surface area contributed by atoms with Crippen molar-refractivity contribution >= 4 is 22.6 Å². The predicted octanol–water partition coefficient (Wildman–Crippen LogP) is 3.53. The number of fused-ring (bicyclic) bond motifs is 1. The first-order valence-corrected chi connectivity index (χ1v) is 7.71. The number of hydrogen-bond donors (Lipinski definition) is 2. The molecule has 0 radical (unpaired) electrons. The molecule has 2 amide bonds. The first-order valence-electron chi connectivity index (χ1n) is 7.71. The van der Waals surface area contributed by atoms with Gasteiger partial charge in [0.05, 0.1) is 0 Å². The first kappa shape index (κ1) is 15.7. The molecule has 0 aromatic heterocycles. The van der Waals surface area contributed by atoms with Crippen molar-refractivity contribution < 1.29 is 9.59 Å². The maximum atomic E-state index is 12.2. The standard InChI is InChI=1S/C20H18N2O2/c1-13-7-10-18(14(2)11-13)20(24)22-21-19(23)17-9-8-15-5-3-4-6-16(15)12-17/h3-12H,1-2H3,(H,21,23)(H,22,24). The van der Waals surface area contributed by atoms with Gasteiger partial charge in [-0.15, -0.1) is 0 Å². The molecule has 24 heavy (non-hydrogen) atoms. The summed E-state index contributed by atoms with van der Waals surface area (Å²) < 4.78 is 0. The third kappa shape index (κ3) is 3.27. The average molecular weight is 318 g/mol. The molecular weight excluding hydrogens is 300 g/mol. The fraction of sp³-hybridized carbons (Fsp3) is 0.100. The third-order valence-electron chi connectivity index (χ3n) is 3.93. The molecular formula is C20H18N2O2. The zero-order valence-electron chi connectivity index (χ0n) is 13.6. The Kier molecular flexibility index (Phi) is 4.29. The summed E-state index contributed by atoms with van der Waals surface area (Å²) in [5.74, 6) is -0.680. The summed E-state index contributed by atoms with van der Waals surface area (Å²) in [7, 11) is 0. The van der Waals surface area contributed by atoms with Gasteiger partial charge in [0.25, 0.3) is 11.8 Å². The van der Waals surface area contributed by atoms with E-state index in [1.807, 2.05) is 56.3 Å². The van der Waals surface area contributed by atoms with Crippen LogP contribution in [0.1, 0.15) is 31.8 Å². The van der Waals surface area contributed by atoms with Crippen molar-refractivity contribution in [2.24, 2.45) is 0 Å². The van der Waals surface area contributed by atoms with Crippen LogP contribution >= 0.6 is 0 Å². The van der Waals surface area contributed by atoms with Crippen molar-refractivity contribution in [2.75, 3.05) is 0 Å². The van der Waals surface area contributed by atoms with E-state index in [9.17, 15) is 9.59 Å². The van der Waals surface area contributed by atoms with E-state index in [1.165, 1.54) is 0 Å². The van der Waals surface area contributed by atoms with Gasteiger partial charge in [0.15, 0.2) is 0 Å². The molecule has 2 N–H and O–H groups in total. The lowest BCUT2D eigenvalue weighted by Gasteiger charge is -2.10. The van der Waals surface area contributed by atoms with E-state index in [0.29, 0.717) is 11.1 Å². The number of benzene rings is 3. The predicted molar refractivity (Wildman–Crippen MR) is 94.8 cm³/mol. The minimum absolute atomic E-state index is 0.332. The molecule has 0 spiro atoms. The summed E-state index contributed by atoms with van der Waals surface area (Å²) in [6, 6.07) is 18.8. The summed E-state index contributed by atoms with van der Waals surface area (Å²) in [6.45, 7) is 3.84. The average Bonchev–Trinajstić information content (AvgIpc) is 2.59. The summed E-state index contributed by atoms with van der Waals surface area (Å²) in [6.07, 6.45) is 0. The Morgan fingerprint density at radius 3 is 2.21 bits per heavy atom. The Morgan fingerprint density at radius 2 is 1.46 bits per heavy atom. The second-order valence-corrected chi connectivity index (χ2v) is 5.79. The van der Waals surface area contributed by atoms with Gasteiger partial charge < -0.3 is 0 Å². The monoisotopic (exact) mass is 318 g/mol. The van der Waals surface area contributed by atoms with Crippen LogP contribution in [-0.2, 0) is 0 Å². The zero-order chi connectivity index (χ0) is 17.1. The SMILES string of the molecule is Cc1ccc(C(=O)NNC(=O)c2ccc3ccccc3c2)c(C)c1. The molecule has 3 rings (SSSR count). The van der Waals surface area contributed by atoms with Crippen LogP contribution in [0, 0.1) is 13.8 Å². The largest absolute Gasteiger partial charge is 0.269 e. The molecule has 0 aliphatic carbocycles. The van der Waals surface area contributed by atoms with Crippen molar-refractivity contribution in [3.05, 3.63) is 82.9 Å². The topological polar surface area (TPSA) is 58.2 Å². The maximum absolute atomic E-state index is 12.2. The highest BCUT2D eigenvalue weighted by Gasteiger charge is 2.11. The molecule has 0 bridgehead atoms. The number of rotatable bonds is 2. The molecule has 0 heterocycles. The van der Waals surface area contributed by atoms with Crippen molar-refractivity contribution in [3.8, 4) is 0 Å². The van der Waals surface area contributed by atoms with Gasteiger partial charge in [-0.3, -0.25) is 20.4 Å². The molecule has 3 aromatic rings. The lowest BCUT2D eigenvalue weighted by atomic mass is 10.1. The second kappa shape index (κ2) is 6.54. The Morgan fingerprint density at radius 1 is 0.750 bits per heavy atom. The van der Waals surface area contributed by atoms with Gasteiger partial charge in [-0.1, -0.05) is 48.0 Å². The maximum Gasteiger partial charge on any atom is 0.269 e. The van der Waals surface area contributed by atoms with Gasteiger partial charge in [0.2, 0.25) is 0 Å². The van der Waals surface area contributed by atoms with Gasteiger partial charge in [0, 0.05) is 11.1 Å². The molecule has 0 aliphatic rings. The molecule has 0 unspecified atom stereocenters. The number of carbonyl (C=O) groups is 2. The minimum Gasteiger partial charge on any atom is -0.267 e. The highest BCUT2D eigenvalue weighted by molar-refractivity contribution is 6.01. The molecule has 4 nitrogen and oxygen atoms in total. The van der Waals surface area contributed by atoms with Crippen molar-refractivity contribution in [1.29, 1.82) is 0 Å². The van der Waals surface area contributed by atoms with Crippen LogP contribution < -0.4 is 10.9 Å². The third-order valence-corrected chi connectivity index (χ3v) is 3.93. The van der Waals surface area contributed by atoms with Gasteiger partial charge in [-0.05, 0) is 48.4 Å². The van der Waals surface area contributed by atoms with E-state index < -0.39 is 0 Å². The number of nitrogens with one attached hydrogen (secondary N) is 2. The molecule has 120 valence electrons. The number of aryl methyl sites for hydroxylation is 2. The van der Waals surface area contributed by atoms with Crippen LogP contribution in [0.4, 0.5) is 0 Å². The van der Waals surface area contributed by atoms with E-state index in [4.69, 9.17) is 0 Å². The highest BCUT2D eigenvalue weighted by atomic mass is 16.2. The van der Waals surface area contributed by atoms with E-state index >= 15 is 0 Å². The van der Waals surface area contributed by atoms with Gasteiger partial charge in [-0.25, -0.2) is 0 Å².